The van der Waals surface area contributed by atoms with Crippen molar-refractivity contribution in [1.82, 2.24) is 0 Å². The van der Waals surface area contributed by atoms with Gasteiger partial charge in [0.15, 0.2) is 11.0 Å². The van der Waals surface area contributed by atoms with Crippen molar-refractivity contribution in [2.75, 3.05) is 38.0 Å². The molecule has 0 saturated heterocycles. The number of Topliss-reactive ketones (excluding diaryl/α,β-unsaturated/α-hetero) is 1. The summed E-state index contributed by atoms with van der Waals surface area (Å²) in [5.41, 5.74) is 1.58. The van der Waals surface area contributed by atoms with Crippen molar-refractivity contribution >= 4 is 45.4 Å². The molecular weight excluding hydrogens is 416 g/mol. The Balaban J connectivity index is 0.00000243. The number of amidine groups is 1. The van der Waals surface area contributed by atoms with Gasteiger partial charge in [-0.3, -0.25) is 9.79 Å². The number of thioether (sulfide) groups is 1. The minimum atomic E-state index is 0. The normalized spacial score (nSPS) is 12.8. The number of carbonyl (C=O) groups is 1. The quantitative estimate of drug-likeness (QED) is 0.638. The van der Waals surface area contributed by atoms with Crippen LogP contribution in [0.5, 0.6) is 11.5 Å². The summed E-state index contributed by atoms with van der Waals surface area (Å²) in [6.07, 6.45) is 0. The van der Waals surface area contributed by atoms with Crippen molar-refractivity contribution in [1.29, 1.82) is 0 Å². The second kappa shape index (κ2) is 9.64. The molecule has 0 atom stereocenters. The van der Waals surface area contributed by atoms with E-state index in [1.807, 2.05) is 29.2 Å². The predicted molar refractivity (Wildman–Crippen MR) is 113 cm³/mol. The second-order valence-electron chi connectivity index (χ2n) is 5.45. The highest BCUT2D eigenvalue weighted by Gasteiger charge is 2.21. The molecule has 0 radical (unpaired) electrons. The summed E-state index contributed by atoms with van der Waals surface area (Å²) in [5.74, 6) is 2.50. The zero-order chi connectivity index (χ0) is 17.6. The number of hydrogen-bond donors (Lipinski definition) is 0. The Hall–Kier alpha value is -1.99. The van der Waals surface area contributed by atoms with Crippen molar-refractivity contribution in [3.8, 4) is 11.5 Å². The van der Waals surface area contributed by atoms with Gasteiger partial charge in [0.2, 0.25) is 0 Å². The Bertz CT molecular complexity index is 763. The molecule has 26 heavy (non-hydrogen) atoms. The Morgan fingerprint density at radius 1 is 1.04 bits per heavy atom. The highest BCUT2D eigenvalue weighted by Crippen LogP contribution is 2.25. The molecule has 0 fully saturated rings. The van der Waals surface area contributed by atoms with Gasteiger partial charge in [0.25, 0.3) is 0 Å². The fourth-order valence-electron chi connectivity index (χ4n) is 2.53. The third kappa shape index (κ3) is 4.80. The lowest BCUT2D eigenvalue weighted by atomic mass is 10.1. The van der Waals surface area contributed by atoms with E-state index in [9.17, 15) is 4.79 Å². The average Bonchev–Trinajstić information content (AvgIpc) is 3.20. The van der Waals surface area contributed by atoms with Crippen molar-refractivity contribution < 1.29 is 14.3 Å². The molecule has 0 spiro atoms. The van der Waals surface area contributed by atoms with Crippen LogP contribution in [0, 0.1) is 0 Å². The summed E-state index contributed by atoms with van der Waals surface area (Å²) < 4.78 is 10.4. The molecule has 1 heterocycles. The number of ketones is 1. The zero-order valence-electron chi connectivity index (χ0n) is 14.7. The fraction of sp³-hybridized carbons (Fsp3) is 0.263. The third-order valence-electron chi connectivity index (χ3n) is 3.90. The number of rotatable bonds is 6. The standard InChI is InChI=1S/C19H20N2O3S.BrH/c1-23-16-7-3-14(4-8-16)18(22)13-21(19-20-11-12-25-19)15-5-9-17(24-2)10-6-15;/h3-10H,11-13H2,1-2H3;1H. The molecule has 5 nitrogen and oxygen atoms in total. The van der Waals surface area contributed by atoms with Gasteiger partial charge in [-0.2, -0.15) is 0 Å². The fourth-order valence-corrected chi connectivity index (χ4v) is 3.40. The van der Waals surface area contributed by atoms with Gasteiger partial charge >= 0.3 is 0 Å². The van der Waals surface area contributed by atoms with Crippen LogP contribution in [0.4, 0.5) is 5.69 Å². The Labute approximate surface area is 168 Å². The first-order chi connectivity index (χ1) is 12.2. The van der Waals surface area contributed by atoms with Gasteiger partial charge in [0.1, 0.15) is 11.5 Å². The summed E-state index contributed by atoms with van der Waals surface area (Å²) in [6.45, 7) is 1.02. The molecule has 0 amide bonds. The van der Waals surface area contributed by atoms with Crippen LogP contribution in [0.1, 0.15) is 10.4 Å². The molecule has 1 aliphatic rings. The van der Waals surface area contributed by atoms with E-state index in [1.54, 1.807) is 50.2 Å². The first-order valence-corrected chi connectivity index (χ1v) is 8.96. The largest absolute Gasteiger partial charge is 0.497 e. The lowest BCUT2D eigenvalue weighted by Crippen LogP contribution is -2.33. The van der Waals surface area contributed by atoms with Crippen LogP contribution in [0.3, 0.4) is 0 Å². The summed E-state index contributed by atoms with van der Waals surface area (Å²) in [4.78, 5) is 19.2. The monoisotopic (exact) mass is 436 g/mol. The van der Waals surface area contributed by atoms with E-state index in [0.717, 1.165) is 34.7 Å². The van der Waals surface area contributed by atoms with E-state index in [-0.39, 0.29) is 29.3 Å². The molecule has 0 aromatic heterocycles. The van der Waals surface area contributed by atoms with Crippen molar-refractivity contribution in [3.05, 3.63) is 54.1 Å². The molecule has 0 saturated carbocycles. The Morgan fingerprint density at radius 2 is 1.62 bits per heavy atom. The van der Waals surface area contributed by atoms with Crippen molar-refractivity contribution in [2.24, 2.45) is 4.99 Å². The van der Waals surface area contributed by atoms with Crippen LogP contribution >= 0.6 is 28.7 Å². The van der Waals surface area contributed by atoms with E-state index >= 15 is 0 Å². The summed E-state index contributed by atoms with van der Waals surface area (Å²) in [5, 5.41) is 0.882. The van der Waals surface area contributed by atoms with E-state index in [0.29, 0.717) is 5.56 Å². The van der Waals surface area contributed by atoms with Gasteiger partial charge in [0, 0.05) is 17.0 Å². The molecule has 3 rings (SSSR count). The number of hydrogen-bond acceptors (Lipinski definition) is 6. The van der Waals surface area contributed by atoms with Gasteiger partial charge < -0.3 is 14.4 Å². The zero-order valence-corrected chi connectivity index (χ0v) is 17.2. The number of benzene rings is 2. The number of halogens is 1. The molecule has 0 unspecified atom stereocenters. The van der Waals surface area contributed by atoms with Crippen LogP contribution < -0.4 is 14.4 Å². The summed E-state index contributed by atoms with van der Waals surface area (Å²) in [7, 11) is 3.24. The van der Waals surface area contributed by atoms with E-state index in [2.05, 4.69) is 4.99 Å². The Morgan fingerprint density at radius 3 is 2.12 bits per heavy atom. The van der Waals surface area contributed by atoms with E-state index < -0.39 is 0 Å². The Kier molecular flexibility index (Phi) is 7.53. The van der Waals surface area contributed by atoms with Crippen LogP contribution in [0.15, 0.2) is 53.5 Å². The second-order valence-corrected chi connectivity index (χ2v) is 6.51. The molecule has 2 aromatic carbocycles. The van der Waals surface area contributed by atoms with Gasteiger partial charge in [-0.25, -0.2) is 0 Å². The molecule has 2 aromatic rings. The van der Waals surface area contributed by atoms with Crippen LogP contribution in [-0.2, 0) is 0 Å². The molecule has 7 heteroatoms. The molecule has 0 aliphatic carbocycles. The number of ether oxygens (including phenoxy) is 2. The minimum Gasteiger partial charge on any atom is -0.497 e. The van der Waals surface area contributed by atoms with E-state index in [1.165, 1.54) is 0 Å². The highest BCUT2D eigenvalue weighted by molar-refractivity contribution is 8.93. The average molecular weight is 437 g/mol. The summed E-state index contributed by atoms with van der Waals surface area (Å²) >= 11 is 1.67. The number of carbonyl (C=O) groups excluding carboxylic acids is 1. The van der Waals surface area contributed by atoms with E-state index in [4.69, 9.17) is 9.47 Å². The maximum atomic E-state index is 12.7. The van der Waals surface area contributed by atoms with Gasteiger partial charge in [0.05, 0.1) is 27.3 Å². The smallest absolute Gasteiger partial charge is 0.182 e. The molecule has 0 N–H and O–H groups in total. The van der Waals surface area contributed by atoms with Crippen LogP contribution in [0.25, 0.3) is 0 Å². The first-order valence-electron chi connectivity index (χ1n) is 7.97. The number of aliphatic imine (C=N–C) groups is 1. The molecular formula is C19H21BrN2O3S. The maximum absolute atomic E-state index is 12.7. The molecule has 1 aliphatic heterocycles. The highest BCUT2D eigenvalue weighted by atomic mass is 79.9. The van der Waals surface area contributed by atoms with Crippen LogP contribution in [-0.4, -0.2) is 44.0 Å². The lowest BCUT2D eigenvalue weighted by Gasteiger charge is -2.23. The number of methoxy groups -OCH3 is 2. The summed E-state index contributed by atoms with van der Waals surface area (Å²) in [6, 6.07) is 14.8. The first kappa shape index (κ1) is 20.3. The van der Waals surface area contributed by atoms with Gasteiger partial charge in [-0.15, -0.1) is 17.0 Å². The van der Waals surface area contributed by atoms with Gasteiger partial charge in [-0.1, -0.05) is 11.8 Å². The van der Waals surface area contributed by atoms with Crippen molar-refractivity contribution in [3.63, 3.8) is 0 Å². The molecule has 0 bridgehead atoms. The SMILES string of the molecule is Br.COc1ccc(C(=O)CN(C2=NCCS2)c2ccc(OC)cc2)cc1. The van der Waals surface area contributed by atoms with Gasteiger partial charge in [-0.05, 0) is 48.5 Å². The number of nitrogens with zero attached hydrogens (tertiary/aromatic N) is 2. The van der Waals surface area contributed by atoms with Crippen LogP contribution in [0.2, 0.25) is 0 Å². The predicted octanol–water partition coefficient (Wildman–Crippen LogP) is 4.07. The molecule has 138 valence electrons. The van der Waals surface area contributed by atoms with Crippen molar-refractivity contribution in [2.45, 2.75) is 0 Å². The lowest BCUT2D eigenvalue weighted by molar-refractivity contribution is 0.100. The topological polar surface area (TPSA) is 51.1 Å². The maximum Gasteiger partial charge on any atom is 0.182 e. The number of anilines is 1. The third-order valence-corrected chi connectivity index (χ3v) is 4.89. The minimum absolute atomic E-state index is 0.